The summed E-state index contributed by atoms with van der Waals surface area (Å²) in [4.78, 5) is 11.7. The first-order chi connectivity index (χ1) is 10.2. The smallest absolute Gasteiger partial charge is 0.335 e. The lowest BCUT2D eigenvalue weighted by Crippen LogP contribution is -2.21. The number of carbonyl (C=O) groups is 1. The fourth-order valence-corrected chi connectivity index (χ4v) is 1.88. The zero-order valence-electron chi connectivity index (χ0n) is 12.4. The van der Waals surface area contributed by atoms with Crippen molar-refractivity contribution in [3.63, 3.8) is 0 Å². The summed E-state index contributed by atoms with van der Waals surface area (Å²) < 4.78 is 25.6. The molecule has 1 aliphatic heterocycles. The quantitative estimate of drug-likeness (QED) is 0.870. The Morgan fingerprint density at radius 3 is 2.43 bits per heavy atom. The minimum Gasteiger partial charge on any atom is -0.463 e. The van der Waals surface area contributed by atoms with Gasteiger partial charge in [0.05, 0.1) is 18.2 Å². The monoisotopic (exact) mass is 313 g/mol. The first-order valence-corrected chi connectivity index (χ1v) is 7.08. The Morgan fingerprint density at radius 2 is 1.90 bits per heavy atom. The summed E-state index contributed by atoms with van der Waals surface area (Å²) in [5.74, 6) is -0.597. The van der Waals surface area contributed by atoms with Crippen LogP contribution in [-0.2, 0) is 22.1 Å². The normalized spacial score (nSPS) is 15.8. The number of hydrogen-bond acceptors (Lipinski definition) is 5. The van der Waals surface area contributed by atoms with E-state index in [1.807, 2.05) is 19.9 Å². The fourth-order valence-electron chi connectivity index (χ4n) is 1.88. The molecule has 0 radical (unpaired) electrons. The third-order valence-corrected chi connectivity index (χ3v) is 2.67. The molecule has 1 atom stereocenters. The molecule has 0 fully saturated rings. The number of esters is 1. The number of hydrogen-bond donors (Lipinski definition) is 1. The Labute approximate surface area is 129 Å². The standard InChI is InChI=1S/C13H14FNO2.C2H6.OS/c1-2-17-13(16)11-7-8-15-12(11)9-3-5-10(14)6-4-9;2*1-2/h3-7,12,15H,2,8H2,1H3;1-2H3;. The second kappa shape index (κ2) is 11.0. The highest BCUT2D eigenvalue weighted by molar-refractivity contribution is 7.44. The molecule has 0 aromatic heterocycles. The van der Waals surface area contributed by atoms with E-state index in [4.69, 9.17) is 8.95 Å². The van der Waals surface area contributed by atoms with Crippen LogP contribution in [0.15, 0.2) is 35.9 Å². The van der Waals surface area contributed by atoms with E-state index in [0.717, 1.165) is 5.56 Å². The first kappa shape index (κ1) is 19.3. The molecule has 2 rings (SSSR count). The summed E-state index contributed by atoms with van der Waals surface area (Å²) in [5.41, 5.74) is 1.46. The van der Waals surface area contributed by atoms with Crippen LogP contribution < -0.4 is 5.32 Å². The molecule has 21 heavy (non-hydrogen) atoms. The van der Waals surface area contributed by atoms with Gasteiger partial charge in [-0.25, -0.2) is 9.18 Å². The molecule has 0 spiro atoms. The van der Waals surface area contributed by atoms with E-state index >= 15 is 0 Å². The summed E-state index contributed by atoms with van der Waals surface area (Å²) in [5, 5.41) is 3.17. The molecule has 1 heterocycles. The molecule has 1 aromatic rings. The van der Waals surface area contributed by atoms with Gasteiger partial charge in [-0.1, -0.05) is 32.1 Å². The predicted octanol–water partition coefficient (Wildman–Crippen LogP) is 2.65. The van der Waals surface area contributed by atoms with E-state index in [2.05, 4.69) is 17.9 Å². The van der Waals surface area contributed by atoms with Crippen LogP contribution in [0, 0.1) is 5.82 Å². The molecule has 116 valence electrons. The lowest BCUT2D eigenvalue weighted by atomic mass is 10.0. The van der Waals surface area contributed by atoms with Crippen LogP contribution in [0.25, 0.3) is 0 Å². The average molecular weight is 313 g/mol. The summed E-state index contributed by atoms with van der Waals surface area (Å²) in [6.07, 6.45) is 1.81. The van der Waals surface area contributed by atoms with Crippen LogP contribution in [0.3, 0.4) is 0 Å². The van der Waals surface area contributed by atoms with Crippen LogP contribution >= 0.6 is 0 Å². The largest absolute Gasteiger partial charge is 0.463 e. The molecular formula is C15H20FNO3S. The highest BCUT2D eigenvalue weighted by Crippen LogP contribution is 2.26. The van der Waals surface area contributed by atoms with E-state index in [1.165, 1.54) is 12.1 Å². The van der Waals surface area contributed by atoms with Crippen LogP contribution in [0.5, 0.6) is 0 Å². The van der Waals surface area contributed by atoms with Gasteiger partial charge in [-0.3, -0.25) is 0 Å². The van der Waals surface area contributed by atoms with Crippen molar-refractivity contribution in [1.82, 2.24) is 5.32 Å². The van der Waals surface area contributed by atoms with E-state index in [0.29, 0.717) is 18.7 Å². The van der Waals surface area contributed by atoms with Crippen LogP contribution in [-0.4, -0.2) is 23.3 Å². The maximum absolute atomic E-state index is 12.8. The SMILES string of the molecule is CC.CCOC(=O)C1=CCNC1c1ccc(F)cc1.O=S. The Balaban J connectivity index is 0.000000921. The maximum atomic E-state index is 12.8. The van der Waals surface area contributed by atoms with Gasteiger partial charge in [0.1, 0.15) is 5.82 Å². The Kier molecular flexibility index (Phi) is 10.2. The lowest BCUT2D eigenvalue weighted by molar-refractivity contribution is -0.138. The summed E-state index contributed by atoms with van der Waals surface area (Å²) in [7, 11) is 0. The molecule has 4 nitrogen and oxygen atoms in total. The molecular weight excluding hydrogens is 293 g/mol. The molecule has 0 saturated heterocycles. The number of halogens is 1. The van der Waals surface area contributed by atoms with Crippen molar-refractivity contribution >= 4 is 18.5 Å². The molecule has 6 heteroatoms. The summed E-state index contributed by atoms with van der Waals surface area (Å²) in [6.45, 7) is 6.75. The molecule has 0 saturated carbocycles. The van der Waals surface area contributed by atoms with Crippen LogP contribution in [0.1, 0.15) is 32.4 Å². The van der Waals surface area contributed by atoms with Gasteiger partial charge in [0.15, 0.2) is 12.5 Å². The molecule has 1 aromatic carbocycles. The van der Waals surface area contributed by atoms with Gasteiger partial charge < -0.3 is 10.1 Å². The maximum Gasteiger partial charge on any atom is 0.335 e. The van der Waals surface area contributed by atoms with Gasteiger partial charge in [0, 0.05) is 6.54 Å². The zero-order valence-corrected chi connectivity index (χ0v) is 13.2. The van der Waals surface area contributed by atoms with Crippen molar-refractivity contribution in [2.45, 2.75) is 26.8 Å². The van der Waals surface area contributed by atoms with E-state index < -0.39 is 0 Å². The molecule has 0 amide bonds. The van der Waals surface area contributed by atoms with Crippen molar-refractivity contribution in [2.75, 3.05) is 13.2 Å². The number of rotatable bonds is 3. The summed E-state index contributed by atoms with van der Waals surface area (Å²) >= 11 is 2.83. The molecule has 1 aliphatic rings. The Morgan fingerprint density at radius 1 is 1.33 bits per heavy atom. The third kappa shape index (κ3) is 5.69. The Bertz CT molecular complexity index is 462. The first-order valence-electron chi connectivity index (χ1n) is 6.75. The van der Waals surface area contributed by atoms with E-state index in [1.54, 1.807) is 19.1 Å². The second-order valence-corrected chi connectivity index (χ2v) is 3.77. The van der Waals surface area contributed by atoms with Gasteiger partial charge in [-0.15, -0.1) is 0 Å². The molecule has 1 unspecified atom stereocenters. The highest BCUT2D eigenvalue weighted by Gasteiger charge is 2.26. The van der Waals surface area contributed by atoms with Crippen molar-refractivity contribution in [3.05, 3.63) is 47.3 Å². The second-order valence-electron chi connectivity index (χ2n) is 3.77. The van der Waals surface area contributed by atoms with Crippen molar-refractivity contribution in [2.24, 2.45) is 0 Å². The van der Waals surface area contributed by atoms with Crippen molar-refractivity contribution in [1.29, 1.82) is 0 Å². The Hall–Kier alpha value is -1.66. The fraction of sp³-hybridized carbons (Fsp3) is 0.400. The molecule has 1 N–H and O–H groups in total. The van der Waals surface area contributed by atoms with Crippen LogP contribution in [0.2, 0.25) is 0 Å². The number of nitrogens with one attached hydrogen (secondary N) is 1. The van der Waals surface area contributed by atoms with Crippen LogP contribution in [0.4, 0.5) is 4.39 Å². The highest BCUT2D eigenvalue weighted by atomic mass is 32.1. The third-order valence-electron chi connectivity index (χ3n) is 2.67. The van der Waals surface area contributed by atoms with Gasteiger partial charge in [0.2, 0.25) is 0 Å². The van der Waals surface area contributed by atoms with Crippen molar-refractivity contribution in [3.8, 4) is 0 Å². The predicted molar refractivity (Wildman–Crippen MR) is 81.4 cm³/mol. The summed E-state index contributed by atoms with van der Waals surface area (Å²) in [6, 6.07) is 5.92. The lowest BCUT2D eigenvalue weighted by Gasteiger charge is -2.15. The number of ether oxygens (including phenoxy) is 1. The zero-order chi connectivity index (χ0) is 16.3. The van der Waals surface area contributed by atoms with Crippen molar-refractivity contribution < 1.29 is 18.1 Å². The van der Waals surface area contributed by atoms with Gasteiger partial charge in [-0.2, -0.15) is 4.21 Å². The minimum atomic E-state index is -0.313. The molecule has 0 bridgehead atoms. The average Bonchev–Trinajstić information content (AvgIpc) is 3.02. The number of benzene rings is 1. The van der Waals surface area contributed by atoms with Gasteiger partial charge in [-0.05, 0) is 24.6 Å². The van der Waals surface area contributed by atoms with E-state index in [-0.39, 0.29) is 17.8 Å². The van der Waals surface area contributed by atoms with Gasteiger partial charge in [0.25, 0.3) is 0 Å². The minimum absolute atomic E-state index is 0.199. The number of carbonyl (C=O) groups excluding carboxylic acids is 1. The molecule has 0 aliphatic carbocycles. The van der Waals surface area contributed by atoms with E-state index in [9.17, 15) is 9.18 Å². The van der Waals surface area contributed by atoms with Gasteiger partial charge >= 0.3 is 5.97 Å². The topological polar surface area (TPSA) is 55.4 Å².